The largest absolute Gasteiger partial charge is 0.387 e. The van der Waals surface area contributed by atoms with Crippen LogP contribution >= 0.6 is 11.3 Å². The number of carbonyl (C=O) groups excluding carboxylic acids is 4. The number of rotatable bonds is 12. The average molecular weight is 769 g/mol. The lowest BCUT2D eigenvalue weighted by molar-refractivity contribution is -0.139. The van der Waals surface area contributed by atoms with Crippen LogP contribution in [0.1, 0.15) is 83.6 Å². The Labute approximate surface area is 323 Å². The molecule has 2 fully saturated rings. The third kappa shape index (κ3) is 7.83. The molecule has 16 heteroatoms. The van der Waals surface area contributed by atoms with Crippen LogP contribution in [0.3, 0.4) is 0 Å². The van der Waals surface area contributed by atoms with Crippen molar-refractivity contribution in [1.29, 1.82) is 0 Å². The van der Waals surface area contributed by atoms with Crippen LogP contribution in [0.5, 0.6) is 0 Å². The van der Waals surface area contributed by atoms with Gasteiger partial charge in [0.25, 0.3) is 0 Å². The number of benzene rings is 1. The molecule has 3 aliphatic rings. The van der Waals surface area contributed by atoms with Crippen molar-refractivity contribution in [1.82, 2.24) is 45.0 Å². The van der Waals surface area contributed by atoms with Crippen molar-refractivity contribution >= 4 is 51.2 Å². The van der Waals surface area contributed by atoms with Crippen LogP contribution in [0.4, 0.5) is 0 Å². The van der Waals surface area contributed by atoms with Gasteiger partial charge in [0.05, 0.1) is 35.9 Å². The van der Waals surface area contributed by atoms with Gasteiger partial charge >= 0.3 is 0 Å². The lowest BCUT2D eigenvalue weighted by Crippen LogP contribution is -2.53. The normalized spacial score (nSPS) is 19.6. The molecule has 1 aromatic carbocycles. The van der Waals surface area contributed by atoms with Gasteiger partial charge in [0.15, 0.2) is 0 Å². The summed E-state index contributed by atoms with van der Waals surface area (Å²) in [4.78, 5) is 72.8. The highest BCUT2D eigenvalue weighted by Gasteiger charge is 2.39. The molecule has 4 atom stereocenters. The number of hydrogen-bond acceptors (Lipinski definition) is 10. The van der Waals surface area contributed by atoms with Crippen molar-refractivity contribution in [2.45, 2.75) is 90.9 Å². The fraction of sp³-hybridized carbons (Fsp3) is 0.487. The Morgan fingerprint density at radius 1 is 0.927 bits per heavy atom. The van der Waals surface area contributed by atoms with E-state index in [0.717, 1.165) is 69.5 Å². The molecule has 0 aliphatic carbocycles. The van der Waals surface area contributed by atoms with E-state index >= 15 is 0 Å². The zero-order valence-corrected chi connectivity index (χ0v) is 32.6. The van der Waals surface area contributed by atoms with E-state index in [1.807, 2.05) is 69.3 Å². The maximum absolute atomic E-state index is 13.5. The Morgan fingerprint density at radius 3 is 2.20 bits per heavy atom. The zero-order valence-electron chi connectivity index (χ0n) is 31.8. The first-order valence-electron chi connectivity index (χ1n) is 19.0. The number of aliphatic hydroxyl groups excluding tert-OH is 1. The summed E-state index contributed by atoms with van der Waals surface area (Å²) in [6.45, 7) is 9.62. The zero-order chi connectivity index (χ0) is 39.0. The van der Waals surface area contributed by atoms with Crippen LogP contribution in [0.15, 0.2) is 47.9 Å². The summed E-state index contributed by atoms with van der Waals surface area (Å²) in [5, 5.41) is 20.4. The first kappa shape index (κ1) is 38.1. The standard InChI is InChI=1S/C39H48N10O5S/c1-21(2)33(42-23(5)51)37(53)47-14-6-8-30(47)27-16-26(17-40-27)36-46-49-19-29(44-39(49)55-36)25-12-10-24(11-13-25)28-18-41-35(43-28)31-9-7-15-48(31)38(54)34(22(3)4)45-32(52)20-50/h10-13,17-19,21-22,30-31,33-34,50H,6-9,14-16,20H2,1-5H3,(H,41,43)(H,42,51)(H,45,52)/t30?,31-,33-,34-/m0/s1. The van der Waals surface area contributed by atoms with Gasteiger partial charge in [-0.25, -0.2) is 14.5 Å². The number of aromatic nitrogens is 5. The van der Waals surface area contributed by atoms with Crippen molar-refractivity contribution in [2.75, 3.05) is 19.7 Å². The first-order valence-corrected chi connectivity index (χ1v) is 19.8. The Balaban J connectivity index is 0.988. The van der Waals surface area contributed by atoms with Crippen LogP contribution in [0.25, 0.3) is 33.0 Å². The Hall–Kier alpha value is -5.22. The Morgan fingerprint density at radius 2 is 1.56 bits per heavy atom. The summed E-state index contributed by atoms with van der Waals surface area (Å²) in [6.07, 6.45) is 9.48. The monoisotopic (exact) mass is 768 g/mol. The number of allylic oxidation sites excluding steroid dienone is 1. The molecule has 2 saturated heterocycles. The van der Waals surface area contributed by atoms with Gasteiger partial charge in [-0.3, -0.25) is 24.2 Å². The molecular formula is C39H48N10O5S. The summed E-state index contributed by atoms with van der Waals surface area (Å²) in [6, 6.07) is 6.42. The number of aromatic amines is 1. The molecule has 4 aromatic rings. The van der Waals surface area contributed by atoms with E-state index in [1.54, 1.807) is 15.6 Å². The number of nitrogens with one attached hydrogen (secondary N) is 3. The number of aliphatic hydroxyl groups is 1. The lowest BCUT2D eigenvalue weighted by Gasteiger charge is -2.31. The third-order valence-electron chi connectivity index (χ3n) is 10.6. The van der Waals surface area contributed by atoms with Crippen molar-refractivity contribution in [3.63, 3.8) is 0 Å². The minimum atomic E-state index is -0.725. The Bertz CT molecular complexity index is 2120. The van der Waals surface area contributed by atoms with Crippen LogP contribution in [-0.2, 0) is 19.2 Å². The summed E-state index contributed by atoms with van der Waals surface area (Å²) in [7, 11) is 0. The summed E-state index contributed by atoms with van der Waals surface area (Å²) >= 11 is 1.50. The number of hydrogen-bond donors (Lipinski definition) is 4. The number of likely N-dealkylation sites (tertiary alicyclic amines) is 2. The topological polar surface area (TPSA) is 190 Å². The second-order valence-corrected chi connectivity index (χ2v) is 16.2. The second kappa shape index (κ2) is 15.9. The van der Waals surface area contributed by atoms with Gasteiger partial charge in [-0.1, -0.05) is 63.3 Å². The molecule has 1 unspecified atom stereocenters. The van der Waals surface area contributed by atoms with Crippen molar-refractivity contribution in [2.24, 2.45) is 16.8 Å². The number of carbonyl (C=O) groups is 4. The van der Waals surface area contributed by atoms with Crippen LogP contribution in [-0.4, -0.2) is 107 Å². The third-order valence-corrected chi connectivity index (χ3v) is 11.6. The van der Waals surface area contributed by atoms with E-state index in [-0.39, 0.29) is 41.6 Å². The van der Waals surface area contributed by atoms with E-state index in [1.165, 1.54) is 18.3 Å². The van der Waals surface area contributed by atoms with Gasteiger partial charge in [0.2, 0.25) is 28.6 Å². The van der Waals surface area contributed by atoms with Crippen molar-refractivity contribution < 1.29 is 24.3 Å². The summed E-state index contributed by atoms with van der Waals surface area (Å²) in [5.41, 5.74) is 5.45. The number of H-pyrrole nitrogens is 1. The van der Waals surface area contributed by atoms with E-state index in [2.05, 4.69) is 20.6 Å². The lowest BCUT2D eigenvalue weighted by atomic mass is 10.00. The quantitative estimate of drug-likeness (QED) is 0.166. The van der Waals surface area contributed by atoms with Crippen LogP contribution in [0, 0.1) is 11.8 Å². The number of aliphatic imine (C=N–C) groups is 1. The maximum atomic E-state index is 13.5. The molecule has 55 heavy (non-hydrogen) atoms. The van der Waals surface area contributed by atoms with Gasteiger partial charge in [0.1, 0.15) is 29.5 Å². The molecule has 0 radical (unpaired) electrons. The summed E-state index contributed by atoms with van der Waals surface area (Å²) < 4.78 is 1.79. The predicted octanol–water partition coefficient (Wildman–Crippen LogP) is 3.98. The fourth-order valence-corrected chi connectivity index (χ4v) is 8.63. The maximum Gasteiger partial charge on any atom is 0.246 e. The number of fused-ring (bicyclic) bond motifs is 1. The molecule has 4 amide bonds. The van der Waals surface area contributed by atoms with Gasteiger partial charge in [0, 0.05) is 49.5 Å². The van der Waals surface area contributed by atoms with E-state index in [0.29, 0.717) is 25.3 Å². The second-order valence-electron chi connectivity index (χ2n) is 15.2. The number of amides is 4. The smallest absolute Gasteiger partial charge is 0.246 e. The van der Waals surface area contributed by atoms with Gasteiger partial charge in [-0.15, -0.1) is 0 Å². The molecule has 7 rings (SSSR count). The highest BCUT2D eigenvalue weighted by Crippen LogP contribution is 2.35. The minimum Gasteiger partial charge on any atom is -0.387 e. The van der Waals surface area contributed by atoms with Crippen LogP contribution < -0.4 is 10.6 Å². The number of nitrogens with zero attached hydrogens (tertiary/aromatic N) is 7. The summed E-state index contributed by atoms with van der Waals surface area (Å²) in [5.74, 6) is -0.477. The molecule has 6 heterocycles. The first-order chi connectivity index (χ1) is 26.4. The van der Waals surface area contributed by atoms with E-state index in [9.17, 15) is 24.3 Å². The van der Waals surface area contributed by atoms with Gasteiger partial charge < -0.3 is 30.5 Å². The fourth-order valence-electron chi connectivity index (χ4n) is 7.74. The molecule has 3 aliphatic heterocycles. The molecule has 0 spiro atoms. The number of imidazole rings is 2. The molecular weight excluding hydrogens is 721 g/mol. The van der Waals surface area contributed by atoms with Crippen molar-refractivity contribution in [3.8, 4) is 22.5 Å². The predicted molar refractivity (Wildman–Crippen MR) is 209 cm³/mol. The highest BCUT2D eigenvalue weighted by molar-refractivity contribution is 7.17. The molecule has 15 nitrogen and oxygen atoms in total. The van der Waals surface area contributed by atoms with Gasteiger partial charge in [-0.2, -0.15) is 5.10 Å². The SMILES string of the molecule is CC(=O)N[C@H](C(=O)N1CCCC1C1=NC=C(c2nn3cc(-c4ccc(-c5cnc([C@@H]6CCCN6C(=O)[C@@H](NC(=O)CO)C(C)C)[nH]5)cc4)nc3s2)C1)C(C)C. The average Bonchev–Trinajstić information content (AvgIpc) is 4.00. The van der Waals surface area contributed by atoms with Crippen LogP contribution in [0.2, 0.25) is 0 Å². The molecule has 290 valence electrons. The Kier molecular flexibility index (Phi) is 11.0. The van der Waals surface area contributed by atoms with Crippen molar-refractivity contribution in [3.05, 3.63) is 53.7 Å². The van der Waals surface area contributed by atoms with E-state index < -0.39 is 24.6 Å². The highest BCUT2D eigenvalue weighted by atomic mass is 32.1. The van der Waals surface area contributed by atoms with E-state index in [4.69, 9.17) is 15.1 Å². The molecule has 0 saturated carbocycles. The molecule has 0 bridgehead atoms. The molecule has 3 aromatic heterocycles. The van der Waals surface area contributed by atoms with Gasteiger partial charge in [-0.05, 0) is 43.1 Å². The minimum absolute atomic E-state index is 0.0233. The molecule has 4 N–H and O–H groups in total.